The van der Waals surface area contributed by atoms with Crippen molar-refractivity contribution < 1.29 is 13.5 Å². The molecule has 0 aliphatic carbocycles. The van der Waals surface area contributed by atoms with Crippen molar-refractivity contribution in [2.24, 2.45) is 0 Å². The summed E-state index contributed by atoms with van der Waals surface area (Å²) in [6.45, 7) is 4.03. The molecule has 4 heteroatoms. The number of benzene rings is 1. The van der Waals surface area contributed by atoms with Crippen molar-refractivity contribution in [2.75, 3.05) is 12.0 Å². The normalized spacial score (nSPS) is 13.6. The van der Waals surface area contributed by atoms with Gasteiger partial charge in [0.2, 0.25) is 0 Å². The molecule has 0 radical (unpaired) electrons. The van der Waals surface area contributed by atoms with Crippen molar-refractivity contribution in [1.29, 1.82) is 0 Å². The molecule has 0 aromatic heterocycles. The minimum Gasteiger partial charge on any atom is -0.388 e. The van der Waals surface area contributed by atoms with Crippen molar-refractivity contribution in [3.05, 3.63) is 34.9 Å². The van der Waals surface area contributed by atoms with Crippen LogP contribution in [-0.4, -0.2) is 25.5 Å². The van der Waals surface area contributed by atoms with E-state index in [9.17, 15) is 13.5 Å². The largest absolute Gasteiger partial charge is 0.388 e. The van der Waals surface area contributed by atoms with Crippen LogP contribution in [-0.2, 0) is 9.84 Å². The number of aliphatic hydroxyl groups is 1. The monoisotopic (exact) mass is 256 g/mol. The molecule has 0 saturated carbocycles. The summed E-state index contributed by atoms with van der Waals surface area (Å²) in [6.07, 6.45) is 1.62. The average Bonchev–Trinajstić information content (AvgIpc) is 2.20. The Hall–Kier alpha value is -0.870. The summed E-state index contributed by atoms with van der Waals surface area (Å²) in [4.78, 5) is 0. The van der Waals surface area contributed by atoms with Gasteiger partial charge >= 0.3 is 0 Å². The number of rotatable bonds is 5. The third kappa shape index (κ3) is 4.88. The summed E-state index contributed by atoms with van der Waals surface area (Å²) < 4.78 is 21.9. The molecule has 1 atom stereocenters. The second-order valence-electron chi connectivity index (χ2n) is 4.63. The maximum absolute atomic E-state index is 11.0. The topological polar surface area (TPSA) is 54.4 Å². The van der Waals surface area contributed by atoms with Crippen LogP contribution in [0, 0.1) is 13.8 Å². The predicted molar refractivity (Wildman–Crippen MR) is 69.8 cm³/mol. The molecule has 0 saturated heterocycles. The van der Waals surface area contributed by atoms with E-state index < -0.39 is 15.9 Å². The number of hydrogen-bond donors (Lipinski definition) is 1. The Morgan fingerprint density at radius 2 is 1.88 bits per heavy atom. The first-order valence-electron chi connectivity index (χ1n) is 5.72. The highest BCUT2D eigenvalue weighted by molar-refractivity contribution is 7.90. The lowest BCUT2D eigenvalue weighted by molar-refractivity contribution is 0.166. The Labute approximate surface area is 103 Å². The SMILES string of the molecule is Cc1ccc(C(O)CCCS(C)(=O)=O)cc1C. The van der Waals surface area contributed by atoms with Crippen LogP contribution in [0.1, 0.15) is 35.6 Å². The molecule has 0 aliphatic heterocycles. The summed E-state index contributed by atoms with van der Waals surface area (Å²) in [5.74, 6) is 0.134. The van der Waals surface area contributed by atoms with E-state index in [1.807, 2.05) is 32.0 Å². The van der Waals surface area contributed by atoms with Crippen LogP contribution >= 0.6 is 0 Å². The van der Waals surface area contributed by atoms with Crippen molar-refractivity contribution >= 4 is 9.84 Å². The molecule has 1 aromatic carbocycles. The molecule has 0 spiro atoms. The molecule has 0 fully saturated rings. The Morgan fingerprint density at radius 3 is 2.41 bits per heavy atom. The van der Waals surface area contributed by atoms with Gasteiger partial charge in [-0.15, -0.1) is 0 Å². The zero-order valence-electron chi connectivity index (χ0n) is 10.6. The molecule has 3 nitrogen and oxygen atoms in total. The number of aryl methyl sites for hydroxylation is 2. The van der Waals surface area contributed by atoms with Gasteiger partial charge in [0.05, 0.1) is 6.10 Å². The van der Waals surface area contributed by atoms with Crippen LogP contribution in [0.25, 0.3) is 0 Å². The highest BCUT2D eigenvalue weighted by Gasteiger charge is 2.10. The van der Waals surface area contributed by atoms with E-state index in [1.165, 1.54) is 11.8 Å². The molecular weight excluding hydrogens is 236 g/mol. The molecule has 1 unspecified atom stereocenters. The van der Waals surface area contributed by atoms with Gasteiger partial charge in [-0.1, -0.05) is 18.2 Å². The third-order valence-corrected chi connectivity index (χ3v) is 3.94. The summed E-state index contributed by atoms with van der Waals surface area (Å²) in [6, 6.07) is 5.83. The van der Waals surface area contributed by atoms with Crippen molar-refractivity contribution in [1.82, 2.24) is 0 Å². The zero-order valence-corrected chi connectivity index (χ0v) is 11.4. The molecule has 0 amide bonds. The number of aliphatic hydroxyl groups excluding tert-OH is 1. The van der Waals surface area contributed by atoms with E-state index >= 15 is 0 Å². The van der Waals surface area contributed by atoms with Gasteiger partial charge in [0.1, 0.15) is 9.84 Å². The van der Waals surface area contributed by atoms with E-state index in [4.69, 9.17) is 0 Å². The summed E-state index contributed by atoms with van der Waals surface area (Å²) in [5, 5.41) is 9.94. The first-order valence-corrected chi connectivity index (χ1v) is 7.78. The summed E-state index contributed by atoms with van der Waals surface area (Å²) in [5.41, 5.74) is 3.20. The minimum absolute atomic E-state index is 0.134. The highest BCUT2D eigenvalue weighted by atomic mass is 32.2. The van der Waals surface area contributed by atoms with E-state index in [1.54, 1.807) is 0 Å². The fourth-order valence-corrected chi connectivity index (χ4v) is 2.37. The van der Waals surface area contributed by atoms with Crippen molar-refractivity contribution in [2.45, 2.75) is 32.8 Å². The minimum atomic E-state index is -2.93. The fourth-order valence-electron chi connectivity index (χ4n) is 1.68. The van der Waals surface area contributed by atoms with Gasteiger partial charge in [-0.3, -0.25) is 0 Å². The molecule has 1 N–H and O–H groups in total. The molecule has 1 rings (SSSR count). The molecule has 96 valence electrons. The van der Waals surface area contributed by atoms with Crippen LogP contribution in [0.5, 0.6) is 0 Å². The molecule has 0 bridgehead atoms. The Morgan fingerprint density at radius 1 is 1.24 bits per heavy atom. The van der Waals surface area contributed by atoms with E-state index in [2.05, 4.69) is 0 Å². The fraction of sp³-hybridized carbons (Fsp3) is 0.538. The number of hydrogen-bond acceptors (Lipinski definition) is 3. The van der Waals surface area contributed by atoms with Crippen molar-refractivity contribution in [3.8, 4) is 0 Å². The Bertz CT molecular complexity index is 477. The van der Waals surface area contributed by atoms with Crippen LogP contribution in [0.15, 0.2) is 18.2 Å². The van der Waals surface area contributed by atoms with Gasteiger partial charge in [-0.25, -0.2) is 8.42 Å². The second kappa shape index (κ2) is 5.65. The Kier molecular flexibility index (Phi) is 4.71. The smallest absolute Gasteiger partial charge is 0.147 e. The van der Waals surface area contributed by atoms with E-state index in [0.717, 1.165) is 11.1 Å². The van der Waals surface area contributed by atoms with Gasteiger partial charge in [0.25, 0.3) is 0 Å². The van der Waals surface area contributed by atoms with Crippen LogP contribution in [0.2, 0.25) is 0 Å². The van der Waals surface area contributed by atoms with E-state index in [-0.39, 0.29) is 5.75 Å². The summed E-state index contributed by atoms with van der Waals surface area (Å²) in [7, 11) is -2.93. The maximum atomic E-state index is 11.0. The lowest BCUT2D eigenvalue weighted by atomic mass is 10.0. The molecule has 0 heterocycles. The quantitative estimate of drug-likeness (QED) is 0.878. The van der Waals surface area contributed by atoms with Gasteiger partial charge < -0.3 is 5.11 Å². The Balaban J connectivity index is 2.58. The maximum Gasteiger partial charge on any atom is 0.147 e. The highest BCUT2D eigenvalue weighted by Crippen LogP contribution is 2.21. The summed E-state index contributed by atoms with van der Waals surface area (Å²) >= 11 is 0. The van der Waals surface area contributed by atoms with Gasteiger partial charge in [0.15, 0.2) is 0 Å². The standard InChI is InChI=1S/C13H20O3S/c1-10-6-7-12(9-11(10)2)13(14)5-4-8-17(3,15)16/h6-7,9,13-14H,4-5,8H2,1-3H3. The van der Waals surface area contributed by atoms with Gasteiger partial charge in [-0.2, -0.15) is 0 Å². The van der Waals surface area contributed by atoms with Crippen LogP contribution < -0.4 is 0 Å². The van der Waals surface area contributed by atoms with Gasteiger partial charge in [-0.05, 0) is 43.4 Å². The molecule has 0 aliphatic rings. The van der Waals surface area contributed by atoms with Crippen LogP contribution in [0.4, 0.5) is 0 Å². The van der Waals surface area contributed by atoms with Crippen LogP contribution in [0.3, 0.4) is 0 Å². The van der Waals surface area contributed by atoms with Crippen molar-refractivity contribution in [3.63, 3.8) is 0 Å². The van der Waals surface area contributed by atoms with Gasteiger partial charge in [0, 0.05) is 12.0 Å². The molecular formula is C13H20O3S. The predicted octanol–water partition coefficient (Wildman–Crippen LogP) is 2.16. The number of sulfone groups is 1. The average molecular weight is 256 g/mol. The lowest BCUT2D eigenvalue weighted by Crippen LogP contribution is -2.06. The molecule has 17 heavy (non-hydrogen) atoms. The van der Waals surface area contributed by atoms with E-state index in [0.29, 0.717) is 12.8 Å². The second-order valence-corrected chi connectivity index (χ2v) is 6.89. The third-order valence-electron chi connectivity index (χ3n) is 2.91. The molecule has 1 aromatic rings. The first kappa shape index (κ1) is 14.2. The lowest BCUT2D eigenvalue weighted by Gasteiger charge is -2.12. The first-order chi connectivity index (χ1) is 7.79. The zero-order chi connectivity index (χ0) is 13.1.